The van der Waals surface area contributed by atoms with Gasteiger partial charge in [0.15, 0.2) is 0 Å². The zero-order chi connectivity index (χ0) is 19.5. The van der Waals surface area contributed by atoms with Crippen LogP contribution in [0.3, 0.4) is 0 Å². The smallest absolute Gasteiger partial charge is 0.276 e. The summed E-state index contributed by atoms with van der Waals surface area (Å²) in [5.41, 5.74) is 1.79. The fourth-order valence-corrected chi connectivity index (χ4v) is 3.84. The molecule has 2 aromatic carbocycles. The third-order valence-corrected chi connectivity index (χ3v) is 5.53. The molecule has 0 fully saturated rings. The van der Waals surface area contributed by atoms with E-state index >= 15 is 0 Å². The van der Waals surface area contributed by atoms with Crippen LogP contribution in [0.25, 0.3) is 11.5 Å². The number of hydrogen-bond acceptors (Lipinski definition) is 6. The molecule has 0 unspecified atom stereocenters. The van der Waals surface area contributed by atoms with E-state index in [-0.39, 0.29) is 11.8 Å². The minimum Gasteiger partial charge on any atom is -0.411 e. The SMILES string of the molecule is O=C1c2ccccc2C(=O)N1CCCCSc1nnc(-c2ccc(Cl)cc2)o1. The summed E-state index contributed by atoms with van der Waals surface area (Å²) in [5.74, 6) is 0.784. The number of amides is 2. The first-order chi connectivity index (χ1) is 13.6. The number of rotatable bonds is 7. The quantitative estimate of drug-likeness (QED) is 0.321. The van der Waals surface area contributed by atoms with Gasteiger partial charge in [-0.05, 0) is 49.2 Å². The fourth-order valence-electron chi connectivity index (χ4n) is 2.95. The molecule has 0 N–H and O–H groups in total. The van der Waals surface area contributed by atoms with Crippen LogP contribution in [0.5, 0.6) is 0 Å². The van der Waals surface area contributed by atoms with E-state index < -0.39 is 0 Å². The number of carbonyl (C=O) groups excluding carboxylic acids is 2. The molecule has 6 nitrogen and oxygen atoms in total. The lowest BCUT2D eigenvalue weighted by Gasteiger charge is -2.13. The van der Waals surface area contributed by atoms with E-state index in [1.807, 2.05) is 12.1 Å². The van der Waals surface area contributed by atoms with Crippen molar-refractivity contribution >= 4 is 35.2 Å². The molecule has 0 atom stereocenters. The van der Waals surface area contributed by atoms with Crippen LogP contribution in [0.2, 0.25) is 5.02 Å². The van der Waals surface area contributed by atoms with Crippen molar-refractivity contribution in [3.8, 4) is 11.5 Å². The number of nitrogens with zero attached hydrogens (tertiary/aromatic N) is 3. The molecule has 0 spiro atoms. The van der Waals surface area contributed by atoms with E-state index in [2.05, 4.69) is 10.2 Å². The molecule has 1 aliphatic heterocycles. The normalized spacial score (nSPS) is 13.2. The summed E-state index contributed by atoms with van der Waals surface area (Å²) in [4.78, 5) is 25.9. The van der Waals surface area contributed by atoms with Crippen molar-refractivity contribution in [2.75, 3.05) is 12.3 Å². The lowest BCUT2D eigenvalue weighted by Crippen LogP contribution is -2.30. The van der Waals surface area contributed by atoms with Crippen molar-refractivity contribution in [2.24, 2.45) is 0 Å². The Morgan fingerprint density at radius 3 is 2.29 bits per heavy atom. The topological polar surface area (TPSA) is 76.3 Å². The van der Waals surface area contributed by atoms with E-state index in [9.17, 15) is 9.59 Å². The third kappa shape index (κ3) is 3.81. The van der Waals surface area contributed by atoms with Gasteiger partial charge in [0.25, 0.3) is 17.0 Å². The van der Waals surface area contributed by atoms with E-state index in [1.54, 1.807) is 36.4 Å². The lowest BCUT2D eigenvalue weighted by molar-refractivity contribution is 0.0652. The largest absolute Gasteiger partial charge is 0.411 e. The molecule has 1 aliphatic rings. The van der Waals surface area contributed by atoms with Gasteiger partial charge in [0.05, 0.1) is 11.1 Å². The van der Waals surface area contributed by atoms with Crippen LogP contribution in [0.15, 0.2) is 58.2 Å². The van der Waals surface area contributed by atoms with Crippen LogP contribution in [0.4, 0.5) is 0 Å². The Labute approximate surface area is 170 Å². The molecule has 2 amide bonds. The number of imide groups is 1. The van der Waals surface area contributed by atoms with Gasteiger partial charge in [-0.1, -0.05) is 35.5 Å². The maximum Gasteiger partial charge on any atom is 0.276 e. The van der Waals surface area contributed by atoms with Crippen LogP contribution < -0.4 is 0 Å². The Morgan fingerprint density at radius 2 is 1.61 bits per heavy atom. The lowest BCUT2D eigenvalue weighted by atomic mass is 10.1. The number of unbranched alkanes of at least 4 members (excludes halogenated alkanes) is 1. The molecule has 0 saturated heterocycles. The highest BCUT2D eigenvalue weighted by Crippen LogP contribution is 2.26. The van der Waals surface area contributed by atoms with Crippen molar-refractivity contribution in [2.45, 2.75) is 18.1 Å². The summed E-state index contributed by atoms with van der Waals surface area (Å²) in [6.45, 7) is 0.409. The van der Waals surface area contributed by atoms with Crippen LogP contribution in [-0.4, -0.2) is 39.2 Å². The Balaban J connectivity index is 1.24. The zero-order valence-corrected chi connectivity index (χ0v) is 16.4. The molecule has 4 rings (SSSR count). The number of hydrogen-bond donors (Lipinski definition) is 0. The maximum atomic E-state index is 12.3. The molecule has 8 heteroatoms. The summed E-state index contributed by atoms with van der Waals surface area (Å²) in [6, 6.07) is 14.1. The number of benzene rings is 2. The summed E-state index contributed by atoms with van der Waals surface area (Å²) >= 11 is 7.33. The number of fused-ring (bicyclic) bond motifs is 1. The summed E-state index contributed by atoms with van der Waals surface area (Å²) in [6.07, 6.45) is 1.54. The van der Waals surface area contributed by atoms with Gasteiger partial charge >= 0.3 is 0 Å². The number of carbonyl (C=O) groups is 2. The van der Waals surface area contributed by atoms with Crippen molar-refractivity contribution in [3.63, 3.8) is 0 Å². The molecule has 28 heavy (non-hydrogen) atoms. The van der Waals surface area contributed by atoms with Crippen molar-refractivity contribution < 1.29 is 14.0 Å². The van der Waals surface area contributed by atoms with Crippen LogP contribution in [-0.2, 0) is 0 Å². The van der Waals surface area contributed by atoms with Gasteiger partial charge in [-0.2, -0.15) is 0 Å². The Hall–Kier alpha value is -2.64. The highest BCUT2D eigenvalue weighted by molar-refractivity contribution is 7.99. The standard InChI is InChI=1S/C20H16ClN3O3S/c21-14-9-7-13(8-10-14)17-22-23-20(27-17)28-12-4-3-11-24-18(25)15-5-1-2-6-16(15)19(24)26/h1-2,5-10H,3-4,11-12H2. The van der Waals surface area contributed by atoms with E-state index in [1.165, 1.54) is 16.7 Å². The van der Waals surface area contributed by atoms with Crippen LogP contribution in [0.1, 0.15) is 33.6 Å². The second-order valence-corrected chi connectivity index (χ2v) is 7.73. The van der Waals surface area contributed by atoms with Crippen LogP contribution in [0, 0.1) is 0 Å². The second-order valence-electron chi connectivity index (χ2n) is 6.24. The van der Waals surface area contributed by atoms with Gasteiger partial charge in [-0.15, -0.1) is 10.2 Å². The van der Waals surface area contributed by atoms with Crippen molar-refractivity contribution in [1.82, 2.24) is 15.1 Å². The molecular weight excluding hydrogens is 398 g/mol. The van der Waals surface area contributed by atoms with Crippen molar-refractivity contribution in [1.29, 1.82) is 0 Å². The second kappa shape index (κ2) is 8.16. The number of thioether (sulfide) groups is 1. The van der Waals surface area contributed by atoms with E-state index in [0.717, 1.165) is 24.2 Å². The predicted molar refractivity (Wildman–Crippen MR) is 107 cm³/mol. The Kier molecular flexibility index (Phi) is 5.45. The molecule has 0 radical (unpaired) electrons. The number of halogens is 1. The highest BCUT2D eigenvalue weighted by atomic mass is 35.5. The molecule has 142 valence electrons. The van der Waals surface area contributed by atoms with Gasteiger partial charge in [0, 0.05) is 22.9 Å². The average molecular weight is 414 g/mol. The monoisotopic (exact) mass is 413 g/mol. The molecule has 3 aromatic rings. The predicted octanol–water partition coefficient (Wildman–Crippen LogP) is 4.56. The first-order valence-corrected chi connectivity index (χ1v) is 10.2. The summed E-state index contributed by atoms with van der Waals surface area (Å²) in [5, 5.41) is 9.22. The molecular formula is C20H16ClN3O3S. The minimum atomic E-state index is -0.210. The maximum absolute atomic E-state index is 12.3. The molecule has 0 bridgehead atoms. The van der Waals surface area contributed by atoms with Gasteiger partial charge in [0.2, 0.25) is 5.89 Å². The highest BCUT2D eigenvalue weighted by Gasteiger charge is 2.34. The van der Waals surface area contributed by atoms with E-state index in [4.69, 9.17) is 16.0 Å². The third-order valence-electron chi connectivity index (χ3n) is 4.38. The fraction of sp³-hybridized carbons (Fsp3) is 0.200. The van der Waals surface area contributed by atoms with Crippen molar-refractivity contribution in [3.05, 3.63) is 64.7 Å². The van der Waals surface area contributed by atoms with Gasteiger partial charge in [-0.3, -0.25) is 14.5 Å². The van der Waals surface area contributed by atoms with Crippen LogP contribution >= 0.6 is 23.4 Å². The Bertz CT molecular complexity index is 985. The molecule has 1 aromatic heterocycles. The first kappa shape index (κ1) is 18.7. The summed E-state index contributed by atoms with van der Waals surface area (Å²) in [7, 11) is 0. The molecule has 0 aliphatic carbocycles. The number of aromatic nitrogens is 2. The molecule has 0 saturated carbocycles. The first-order valence-electron chi connectivity index (χ1n) is 8.81. The van der Waals surface area contributed by atoms with Gasteiger partial charge < -0.3 is 4.42 Å². The van der Waals surface area contributed by atoms with E-state index in [0.29, 0.717) is 33.8 Å². The Morgan fingerprint density at radius 1 is 0.929 bits per heavy atom. The average Bonchev–Trinajstić information content (AvgIpc) is 3.27. The minimum absolute atomic E-state index is 0.210. The molecule has 2 heterocycles. The van der Waals surface area contributed by atoms with Gasteiger partial charge in [0.1, 0.15) is 0 Å². The summed E-state index contributed by atoms with van der Waals surface area (Å²) < 4.78 is 5.64. The van der Waals surface area contributed by atoms with Gasteiger partial charge in [-0.25, -0.2) is 0 Å². The zero-order valence-electron chi connectivity index (χ0n) is 14.8.